The van der Waals surface area contributed by atoms with Crippen molar-refractivity contribution in [2.75, 3.05) is 20.8 Å². The first-order valence-corrected chi connectivity index (χ1v) is 7.76. The first-order chi connectivity index (χ1) is 10.0. The third kappa shape index (κ3) is 5.46. The lowest BCUT2D eigenvalue weighted by Crippen LogP contribution is -2.40. The number of rotatable bonds is 6. The van der Waals surface area contributed by atoms with Gasteiger partial charge in [-0.15, -0.1) is 0 Å². The normalized spacial score (nSPS) is 11.5. The summed E-state index contributed by atoms with van der Waals surface area (Å²) in [7, 11) is 3.25. The summed E-state index contributed by atoms with van der Waals surface area (Å²) in [6, 6.07) is 4.26. The fourth-order valence-corrected chi connectivity index (χ4v) is 2.48. The zero-order valence-corrected chi connectivity index (χ0v) is 14.9. The Morgan fingerprint density at radius 2 is 2.00 bits per heavy atom. The first-order valence-electron chi connectivity index (χ1n) is 6.97. The number of hydrogen-bond donors (Lipinski definition) is 2. The van der Waals surface area contributed by atoms with E-state index in [1.165, 1.54) is 0 Å². The van der Waals surface area contributed by atoms with Crippen LogP contribution in [0.4, 0.5) is 0 Å². The van der Waals surface area contributed by atoms with E-state index in [1.54, 1.807) is 14.2 Å². The third-order valence-electron chi connectivity index (χ3n) is 2.68. The summed E-state index contributed by atoms with van der Waals surface area (Å²) in [5.41, 5.74) is 1.04. The molecule has 5 nitrogen and oxygen atoms in total. The van der Waals surface area contributed by atoms with Crippen LogP contribution in [0.3, 0.4) is 0 Å². The van der Waals surface area contributed by atoms with Gasteiger partial charge in [-0.1, -0.05) is 0 Å². The summed E-state index contributed by atoms with van der Waals surface area (Å²) in [5, 5.41) is 6.51. The van der Waals surface area contributed by atoms with E-state index < -0.39 is 0 Å². The monoisotopic (exact) mass is 357 g/mol. The summed E-state index contributed by atoms with van der Waals surface area (Å²) in [6.45, 7) is 7.60. The average molecular weight is 358 g/mol. The second kappa shape index (κ2) is 8.77. The predicted molar refractivity (Wildman–Crippen MR) is 90.3 cm³/mol. The minimum atomic E-state index is 0.333. The van der Waals surface area contributed by atoms with Crippen LogP contribution in [0, 0.1) is 0 Å². The van der Waals surface area contributed by atoms with Crippen LogP contribution in [0.15, 0.2) is 21.6 Å². The first kappa shape index (κ1) is 17.6. The van der Waals surface area contributed by atoms with Gasteiger partial charge in [0.05, 0.1) is 25.2 Å². The Bertz CT molecular complexity index is 490. The molecule has 1 aromatic carbocycles. The number of halogens is 1. The predicted octanol–water partition coefficient (Wildman–Crippen LogP) is 2.93. The number of ether oxygens (including phenoxy) is 2. The molecule has 1 rings (SSSR count). The maximum atomic E-state index is 5.34. The Morgan fingerprint density at radius 1 is 1.29 bits per heavy atom. The molecule has 0 fully saturated rings. The fourth-order valence-electron chi connectivity index (χ4n) is 1.83. The summed E-state index contributed by atoms with van der Waals surface area (Å²) < 4.78 is 11.5. The molecule has 2 N–H and O–H groups in total. The van der Waals surface area contributed by atoms with Crippen LogP contribution in [0.1, 0.15) is 26.3 Å². The van der Waals surface area contributed by atoms with Crippen LogP contribution in [-0.4, -0.2) is 32.8 Å². The maximum Gasteiger partial charge on any atom is 0.191 e. The highest BCUT2D eigenvalue weighted by Crippen LogP contribution is 2.36. The molecular weight excluding hydrogens is 334 g/mol. The quantitative estimate of drug-likeness (QED) is 0.607. The van der Waals surface area contributed by atoms with E-state index in [0.29, 0.717) is 24.1 Å². The zero-order valence-electron chi connectivity index (χ0n) is 13.3. The molecule has 1 aromatic rings. The fraction of sp³-hybridized carbons (Fsp3) is 0.533. The van der Waals surface area contributed by atoms with E-state index in [1.807, 2.05) is 19.1 Å². The molecule has 0 radical (unpaired) electrons. The van der Waals surface area contributed by atoms with Crippen molar-refractivity contribution in [3.05, 3.63) is 22.2 Å². The second-order valence-electron chi connectivity index (χ2n) is 4.81. The van der Waals surface area contributed by atoms with Gasteiger partial charge in [0.25, 0.3) is 0 Å². The van der Waals surface area contributed by atoms with E-state index in [9.17, 15) is 0 Å². The van der Waals surface area contributed by atoms with Crippen molar-refractivity contribution in [1.29, 1.82) is 0 Å². The Labute approximate surface area is 135 Å². The molecule has 0 saturated heterocycles. The van der Waals surface area contributed by atoms with Gasteiger partial charge in [0.1, 0.15) is 0 Å². The van der Waals surface area contributed by atoms with Crippen molar-refractivity contribution in [3.8, 4) is 11.5 Å². The molecule has 0 aliphatic heterocycles. The third-order valence-corrected chi connectivity index (χ3v) is 3.27. The lowest BCUT2D eigenvalue weighted by Gasteiger charge is -2.14. The lowest BCUT2D eigenvalue weighted by atomic mass is 10.2. The van der Waals surface area contributed by atoms with Crippen molar-refractivity contribution < 1.29 is 9.47 Å². The van der Waals surface area contributed by atoms with Crippen molar-refractivity contribution >= 4 is 21.9 Å². The van der Waals surface area contributed by atoms with Gasteiger partial charge in [0.2, 0.25) is 0 Å². The highest BCUT2D eigenvalue weighted by Gasteiger charge is 2.10. The molecule has 0 bridgehead atoms. The molecule has 0 saturated carbocycles. The van der Waals surface area contributed by atoms with E-state index in [4.69, 9.17) is 9.47 Å². The van der Waals surface area contributed by atoms with Crippen molar-refractivity contribution in [1.82, 2.24) is 10.6 Å². The molecule has 6 heteroatoms. The van der Waals surface area contributed by atoms with Gasteiger partial charge in [-0.3, -0.25) is 0 Å². The summed E-state index contributed by atoms with van der Waals surface area (Å²) in [4.78, 5) is 4.57. The van der Waals surface area contributed by atoms with E-state index in [0.717, 1.165) is 22.5 Å². The van der Waals surface area contributed by atoms with Crippen molar-refractivity contribution in [2.45, 2.75) is 33.4 Å². The van der Waals surface area contributed by atoms with Crippen LogP contribution >= 0.6 is 15.9 Å². The van der Waals surface area contributed by atoms with E-state index in [-0.39, 0.29) is 0 Å². The van der Waals surface area contributed by atoms with E-state index >= 15 is 0 Å². The second-order valence-corrected chi connectivity index (χ2v) is 5.66. The Kier molecular flexibility index (Phi) is 7.36. The van der Waals surface area contributed by atoms with Gasteiger partial charge in [-0.25, -0.2) is 4.99 Å². The molecule has 21 heavy (non-hydrogen) atoms. The number of guanidine groups is 1. The molecule has 0 aliphatic rings. The standard InChI is InChI=1S/C15H24BrN3O2/c1-6-17-15(19-10(2)3)18-9-11-7-12(16)14(21-5)13(8-11)20-4/h7-8,10H,6,9H2,1-5H3,(H2,17,18,19). The van der Waals surface area contributed by atoms with Crippen LogP contribution < -0.4 is 20.1 Å². The number of nitrogens with one attached hydrogen (secondary N) is 2. The van der Waals surface area contributed by atoms with Gasteiger partial charge in [-0.05, 0) is 54.4 Å². The van der Waals surface area contributed by atoms with Crippen LogP contribution in [0.25, 0.3) is 0 Å². The molecular formula is C15H24BrN3O2. The molecule has 0 spiro atoms. The number of hydrogen-bond acceptors (Lipinski definition) is 3. The molecule has 118 valence electrons. The highest BCUT2D eigenvalue weighted by atomic mass is 79.9. The molecule has 0 aliphatic carbocycles. The molecule has 0 heterocycles. The molecule has 0 aromatic heterocycles. The minimum Gasteiger partial charge on any atom is -0.493 e. The number of aliphatic imine (C=N–C) groups is 1. The number of benzene rings is 1. The maximum absolute atomic E-state index is 5.34. The number of methoxy groups -OCH3 is 2. The average Bonchev–Trinajstić information content (AvgIpc) is 2.43. The minimum absolute atomic E-state index is 0.333. The van der Waals surface area contributed by atoms with Gasteiger partial charge >= 0.3 is 0 Å². The highest BCUT2D eigenvalue weighted by molar-refractivity contribution is 9.10. The Morgan fingerprint density at radius 3 is 2.52 bits per heavy atom. The molecule has 0 atom stereocenters. The van der Waals surface area contributed by atoms with Crippen molar-refractivity contribution in [3.63, 3.8) is 0 Å². The van der Waals surface area contributed by atoms with Gasteiger partial charge < -0.3 is 20.1 Å². The topological polar surface area (TPSA) is 54.9 Å². The van der Waals surface area contributed by atoms with Crippen molar-refractivity contribution in [2.24, 2.45) is 4.99 Å². The van der Waals surface area contributed by atoms with Gasteiger partial charge in [0, 0.05) is 12.6 Å². The van der Waals surface area contributed by atoms with E-state index in [2.05, 4.69) is 45.4 Å². The van der Waals surface area contributed by atoms with Crippen LogP contribution in [0.2, 0.25) is 0 Å². The largest absolute Gasteiger partial charge is 0.493 e. The SMILES string of the molecule is CCNC(=NCc1cc(Br)c(OC)c(OC)c1)NC(C)C. The summed E-state index contributed by atoms with van der Waals surface area (Å²) in [6.07, 6.45) is 0. The smallest absolute Gasteiger partial charge is 0.191 e. The summed E-state index contributed by atoms with van der Waals surface area (Å²) >= 11 is 3.49. The Hall–Kier alpha value is -1.43. The van der Waals surface area contributed by atoms with Crippen LogP contribution in [0.5, 0.6) is 11.5 Å². The van der Waals surface area contributed by atoms with Gasteiger partial charge in [-0.2, -0.15) is 0 Å². The van der Waals surface area contributed by atoms with Crippen LogP contribution in [-0.2, 0) is 6.54 Å². The molecule has 0 unspecified atom stereocenters. The summed E-state index contributed by atoms with van der Waals surface area (Å²) in [5.74, 6) is 2.19. The number of nitrogens with zero attached hydrogens (tertiary/aromatic N) is 1. The Balaban J connectivity index is 2.93. The van der Waals surface area contributed by atoms with Gasteiger partial charge in [0.15, 0.2) is 17.5 Å². The zero-order chi connectivity index (χ0) is 15.8. The molecule has 0 amide bonds. The lowest BCUT2D eigenvalue weighted by molar-refractivity contribution is 0.352.